The van der Waals surface area contributed by atoms with Gasteiger partial charge in [-0.05, 0) is 25.7 Å². The maximum Gasteiger partial charge on any atom is 0.349 e. The van der Waals surface area contributed by atoms with Crippen LogP contribution < -0.4 is 0 Å². The highest BCUT2D eigenvalue weighted by Gasteiger charge is 2.64. The Morgan fingerprint density at radius 2 is 1.80 bits per heavy atom. The summed E-state index contributed by atoms with van der Waals surface area (Å²) < 4.78 is 5.08. The predicted octanol–water partition coefficient (Wildman–Crippen LogP) is 1.98. The van der Waals surface area contributed by atoms with E-state index in [1.54, 1.807) is 6.92 Å². The molecule has 0 radical (unpaired) electrons. The highest BCUT2D eigenvalue weighted by Crippen LogP contribution is 2.50. The molecule has 0 spiro atoms. The molecule has 1 fully saturated rings. The molecular formula is C14H20O6. The standard InChI is InChI=1S/C14H20O6/c1-3-7-13(11(16)17)8-5-6-9-14(13,12(18)19)20-10(15)4-2/h4H,2-3,5-9H2,1H3,(H,16,17)(H,18,19). The first kappa shape index (κ1) is 16.2. The summed E-state index contributed by atoms with van der Waals surface area (Å²) in [5.41, 5.74) is -3.59. The molecule has 0 aromatic carbocycles. The van der Waals surface area contributed by atoms with Crippen LogP contribution in [0.1, 0.15) is 45.4 Å². The molecule has 6 nitrogen and oxygen atoms in total. The SMILES string of the molecule is C=CC(=O)OC1(C(=O)O)CCCCC1(CCC)C(=O)O. The van der Waals surface area contributed by atoms with Crippen molar-refractivity contribution in [2.45, 2.75) is 51.0 Å². The maximum atomic E-state index is 11.8. The first-order valence-electron chi connectivity index (χ1n) is 6.68. The van der Waals surface area contributed by atoms with E-state index in [1.165, 1.54) is 0 Å². The van der Waals surface area contributed by atoms with Crippen molar-refractivity contribution in [3.05, 3.63) is 12.7 Å². The topological polar surface area (TPSA) is 101 Å². The van der Waals surface area contributed by atoms with Crippen molar-refractivity contribution in [3.8, 4) is 0 Å². The molecule has 2 atom stereocenters. The summed E-state index contributed by atoms with van der Waals surface area (Å²) in [6.07, 6.45) is 2.81. The van der Waals surface area contributed by atoms with Crippen molar-refractivity contribution >= 4 is 17.9 Å². The second-order valence-electron chi connectivity index (χ2n) is 5.10. The number of hydrogen-bond donors (Lipinski definition) is 2. The molecule has 2 unspecified atom stereocenters. The van der Waals surface area contributed by atoms with E-state index < -0.39 is 28.9 Å². The first-order valence-corrected chi connectivity index (χ1v) is 6.68. The van der Waals surface area contributed by atoms with Crippen LogP contribution >= 0.6 is 0 Å². The number of carbonyl (C=O) groups is 3. The fourth-order valence-electron chi connectivity index (χ4n) is 3.10. The number of hydrogen-bond acceptors (Lipinski definition) is 4. The van der Waals surface area contributed by atoms with Gasteiger partial charge in [-0.25, -0.2) is 9.59 Å². The van der Waals surface area contributed by atoms with Crippen LogP contribution in [-0.4, -0.2) is 33.7 Å². The Labute approximate surface area is 117 Å². The highest BCUT2D eigenvalue weighted by atomic mass is 16.6. The third-order valence-corrected chi connectivity index (χ3v) is 4.03. The number of ether oxygens (including phenoxy) is 1. The first-order chi connectivity index (χ1) is 9.36. The Morgan fingerprint density at radius 3 is 2.25 bits per heavy atom. The summed E-state index contributed by atoms with van der Waals surface area (Å²) in [5, 5.41) is 19.2. The van der Waals surface area contributed by atoms with Crippen molar-refractivity contribution in [1.82, 2.24) is 0 Å². The van der Waals surface area contributed by atoms with Gasteiger partial charge in [-0.2, -0.15) is 0 Å². The van der Waals surface area contributed by atoms with Crippen molar-refractivity contribution < 1.29 is 29.3 Å². The monoisotopic (exact) mass is 284 g/mol. The third kappa shape index (κ3) is 2.42. The van der Waals surface area contributed by atoms with Crippen molar-refractivity contribution in [2.24, 2.45) is 5.41 Å². The number of esters is 1. The molecule has 0 bridgehead atoms. The van der Waals surface area contributed by atoms with Gasteiger partial charge in [0.25, 0.3) is 0 Å². The Bertz CT molecular complexity index is 425. The van der Waals surface area contributed by atoms with Crippen molar-refractivity contribution in [1.29, 1.82) is 0 Å². The summed E-state index contributed by atoms with van der Waals surface area (Å²) in [6.45, 7) is 5.02. The fourth-order valence-corrected chi connectivity index (χ4v) is 3.10. The molecule has 1 saturated carbocycles. The molecule has 1 aliphatic rings. The van der Waals surface area contributed by atoms with Crippen molar-refractivity contribution in [2.75, 3.05) is 0 Å². The van der Waals surface area contributed by atoms with Gasteiger partial charge in [0, 0.05) is 6.08 Å². The van der Waals surface area contributed by atoms with Crippen LogP contribution in [0.15, 0.2) is 12.7 Å². The molecule has 0 saturated heterocycles. The largest absolute Gasteiger partial charge is 0.481 e. The zero-order valence-electron chi connectivity index (χ0n) is 11.6. The van der Waals surface area contributed by atoms with Gasteiger partial charge >= 0.3 is 17.9 Å². The van der Waals surface area contributed by atoms with Crippen LogP contribution in [0, 0.1) is 5.41 Å². The van der Waals surface area contributed by atoms with E-state index in [0.717, 1.165) is 6.08 Å². The lowest BCUT2D eigenvalue weighted by atomic mass is 9.60. The third-order valence-electron chi connectivity index (χ3n) is 4.03. The summed E-state index contributed by atoms with van der Waals surface area (Å²) in [6, 6.07) is 0. The maximum absolute atomic E-state index is 11.8. The van der Waals surface area contributed by atoms with Gasteiger partial charge in [0.15, 0.2) is 0 Å². The molecular weight excluding hydrogens is 264 g/mol. The Balaban J connectivity index is 3.39. The number of carboxylic acid groups (broad SMARTS) is 2. The van der Waals surface area contributed by atoms with E-state index >= 15 is 0 Å². The number of rotatable bonds is 6. The van der Waals surface area contributed by atoms with Crippen LogP contribution in [-0.2, 0) is 19.1 Å². The minimum absolute atomic E-state index is 0.00815. The fraction of sp³-hybridized carbons (Fsp3) is 0.643. The molecule has 0 aliphatic heterocycles. The summed E-state index contributed by atoms with van der Waals surface area (Å²) in [5.74, 6) is -3.53. The average Bonchev–Trinajstić information content (AvgIpc) is 2.40. The molecule has 1 rings (SSSR count). The Kier molecular flexibility index (Phi) is 4.92. The lowest BCUT2D eigenvalue weighted by Gasteiger charge is -2.46. The quantitative estimate of drug-likeness (QED) is 0.571. The second-order valence-corrected chi connectivity index (χ2v) is 5.10. The van der Waals surface area contributed by atoms with Gasteiger partial charge in [0.2, 0.25) is 5.60 Å². The number of carboxylic acids is 2. The number of carbonyl (C=O) groups excluding carboxylic acids is 1. The molecule has 0 amide bonds. The average molecular weight is 284 g/mol. The smallest absolute Gasteiger partial charge is 0.349 e. The molecule has 112 valence electrons. The zero-order valence-corrected chi connectivity index (χ0v) is 11.6. The minimum Gasteiger partial charge on any atom is -0.481 e. The summed E-state index contributed by atoms with van der Waals surface area (Å²) in [4.78, 5) is 35.0. The normalized spacial score (nSPS) is 29.4. The van der Waals surface area contributed by atoms with Gasteiger partial charge in [-0.1, -0.05) is 26.3 Å². The summed E-state index contributed by atoms with van der Waals surface area (Å²) >= 11 is 0. The lowest BCUT2D eigenvalue weighted by Crippen LogP contribution is -2.62. The summed E-state index contributed by atoms with van der Waals surface area (Å²) in [7, 11) is 0. The van der Waals surface area contributed by atoms with Crippen LogP contribution in [0.5, 0.6) is 0 Å². The van der Waals surface area contributed by atoms with Gasteiger partial charge in [-0.15, -0.1) is 0 Å². The van der Waals surface area contributed by atoms with E-state index in [-0.39, 0.29) is 19.3 Å². The molecule has 1 aliphatic carbocycles. The number of aliphatic carboxylic acids is 2. The van der Waals surface area contributed by atoms with Crippen LogP contribution in [0.2, 0.25) is 0 Å². The van der Waals surface area contributed by atoms with Crippen LogP contribution in [0.3, 0.4) is 0 Å². The Hall–Kier alpha value is -1.85. The zero-order chi connectivity index (χ0) is 15.4. The van der Waals surface area contributed by atoms with Crippen molar-refractivity contribution in [3.63, 3.8) is 0 Å². The lowest BCUT2D eigenvalue weighted by molar-refractivity contribution is -0.210. The van der Waals surface area contributed by atoms with E-state index in [2.05, 4.69) is 6.58 Å². The van der Waals surface area contributed by atoms with Gasteiger partial charge < -0.3 is 14.9 Å². The van der Waals surface area contributed by atoms with Crippen LogP contribution in [0.4, 0.5) is 0 Å². The van der Waals surface area contributed by atoms with Gasteiger partial charge in [0.1, 0.15) is 5.41 Å². The second kappa shape index (κ2) is 6.07. The minimum atomic E-state index is -2.02. The highest BCUT2D eigenvalue weighted by molar-refractivity contribution is 5.93. The van der Waals surface area contributed by atoms with E-state index in [9.17, 15) is 24.6 Å². The van der Waals surface area contributed by atoms with Gasteiger partial charge in [-0.3, -0.25) is 4.79 Å². The van der Waals surface area contributed by atoms with Crippen LogP contribution in [0.25, 0.3) is 0 Å². The Morgan fingerprint density at radius 1 is 1.20 bits per heavy atom. The van der Waals surface area contributed by atoms with E-state index in [4.69, 9.17) is 4.74 Å². The molecule has 0 aromatic rings. The van der Waals surface area contributed by atoms with E-state index in [0.29, 0.717) is 19.3 Å². The van der Waals surface area contributed by atoms with Gasteiger partial charge in [0.05, 0.1) is 0 Å². The molecule has 20 heavy (non-hydrogen) atoms. The molecule has 0 aromatic heterocycles. The molecule has 6 heteroatoms. The van der Waals surface area contributed by atoms with E-state index in [1.807, 2.05) is 0 Å². The molecule has 0 heterocycles. The predicted molar refractivity (Wildman–Crippen MR) is 70.1 cm³/mol. The molecule has 2 N–H and O–H groups in total.